The van der Waals surface area contributed by atoms with Crippen LogP contribution in [0.2, 0.25) is 0 Å². The van der Waals surface area contributed by atoms with Crippen LogP contribution in [0, 0.1) is 5.92 Å². The topological polar surface area (TPSA) is 114 Å². The first-order chi connectivity index (χ1) is 15.1. The molecule has 0 aliphatic carbocycles. The summed E-state index contributed by atoms with van der Waals surface area (Å²) in [4.78, 5) is 37.3. The number of aliphatic hydroxyl groups excluding tert-OH is 1. The van der Waals surface area contributed by atoms with E-state index >= 15 is 0 Å². The highest BCUT2D eigenvalue weighted by atomic mass is 16.5. The number of carbonyl (C=O) groups is 3. The van der Waals surface area contributed by atoms with Gasteiger partial charge in [0.15, 0.2) is 0 Å². The molecule has 0 spiro atoms. The van der Waals surface area contributed by atoms with Gasteiger partial charge in [0.05, 0.1) is 31.8 Å². The second-order valence-corrected chi connectivity index (χ2v) is 7.34. The van der Waals surface area contributed by atoms with E-state index in [1.165, 1.54) is 0 Å². The summed E-state index contributed by atoms with van der Waals surface area (Å²) in [6, 6.07) is 8.84. The number of hydrogen-bond acceptors (Lipinski definition) is 6. The van der Waals surface area contributed by atoms with Gasteiger partial charge in [-0.1, -0.05) is 42.5 Å². The largest absolute Gasteiger partial charge is 0.463 e. The van der Waals surface area contributed by atoms with Crippen LogP contribution in [0.5, 0.6) is 0 Å². The first-order valence-electron chi connectivity index (χ1n) is 10.7. The van der Waals surface area contributed by atoms with E-state index in [-0.39, 0.29) is 44.0 Å². The number of esters is 1. The van der Waals surface area contributed by atoms with Gasteiger partial charge in [0.25, 0.3) is 0 Å². The van der Waals surface area contributed by atoms with Crippen molar-refractivity contribution in [1.82, 2.24) is 10.6 Å². The molecule has 1 heterocycles. The minimum absolute atomic E-state index is 0.0392. The number of carbonyl (C=O) groups excluding carboxylic acids is 3. The van der Waals surface area contributed by atoms with Gasteiger partial charge in [0.1, 0.15) is 6.61 Å². The van der Waals surface area contributed by atoms with Gasteiger partial charge in [-0.15, -0.1) is 0 Å². The van der Waals surface area contributed by atoms with Crippen LogP contribution in [-0.2, 0) is 23.9 Å². The van der Waals surface area contributed by atoms with E-state index in [2.05, 4.69) is 10.6 Å². The van der Waals surface area contributed by atoms with E-state index in [1.54, 1.807) is 0 Å². The van der Waals surface area contributed by atoms with Crippen LogP contribution in [0.15, 0.2) is 42.5 Å². The molecule has 0 aromatic heterocycles. The molecule has 0 saturated carbocycles. The minimum Gasteiger partial charge on any atom is -0.463 e. The van der Waals surface area contributed by atoms with E-state index in [1.807, 2.05) is 42.5 Å². The molecule has 1 aliphatic heterocycles. The zero-order valence-electron chi connectivity index (χ0n) is 17.8. The number of amides is 2. The Morgan fingerprint density at radius 1 is 1.19 bits per heavy atom. The lowest BCUT2D eigenvalue weighted by molar-refractivity contribution is -0.145. The molecule has 0 unspecified atom stereocenters. The fourth-order valence-electron chi connectivity index (χ4n) is 3.20. The van der Waals surface area contributed by atoms with Crippen LogP contribution < -0.4 is 10.6 Å². The Morgan fingerprint density at radius 3 is 2.77 bits per heavy atom. The Hall–Kier alpha value is -2.71. The molecule has 0 fully saturated rings. The Bertz CT molecular complexity index is 722. The molecule has 0 saturated heterocycles. The molecule has 2 atom stereocenters. The molecule has 1 aliphatic rings. The highest BCUT2D eigenvalue weighted by Gasteiger charge is 2.25. The molecular weight excluding hydrogens is 400 g/mol. The van der Waals surface area contributed by atoms with Crippen molar-refractivity contribution in [2.24, 2.45) is 5.92 Å². The summed E-state index contributed by atoms with van der Waals surface area (Å²) in [6.07, 6.45) is 5.99. The van der Waals surface area contributed by atoms with Crippen molar-refractivity contribution in [2.75, 3.05) is 33.0 Å². The molecule has 2 amide bonds. The van der Waals surface area contributed by atoms with Crippen LogP contribution in [0.3, 0.4) is 0 Å². The Labute approximate surface area is 183 Å². The molecule has 1 aromatic rings. The first-order valence-corrected chi connectivity index (χ1v) is 10.7. The predicted molar refractivity (Wildman–Crippen MR) is 115 cm³/mol. The Balaban J connectivity index is 2.04. The van der Waals surface area contributed by atoms with Gasteiger partial charge >= 0.3 is 5.97 Å². The van der Waals surface area contributed by atoms with Crippen molar-refractivity contribution in [3.05, 3.63) is 48.0 Å². The van der Waals surface area contributed by atoms with Crippen LogP contribution in [0.25, 0.3) is 0 Å². The van der Waals surface area contributed by atoms with Gasteiger partial charge in [-0.25, -0.2) is 0 Å². The number of ether oxygens (including phenoxy) is 2. The van der Waals surface area contributed by atoms with Crippen molar-refractivity contribution in [3.8, 4) is 0 Å². The number of hydrogen-bond donors (Lipinski definition) is 3. The summed E-state index contributed by atoms with van der Waals surface area (Å²) in [5.41, 5.74) is 0.832. The van der Waals surface area contributed by atoms with E-state index in [0.29, 0.717) is 38.8 Å². The summed E-state index contributed by atoms with van der Waals surface area (Å²) in [6.45, 7) is 0.802. The summed E-state index contributed by atoms with van der Waals surface area (Å²) < 4.78 is 10.5. The second kappa shape index (κ2) is 14.3. The van der Waals surface area contributed by atoms with E-state index < -0.39 is 12.0 Å². The zero-order chi connectivity index (χ0) is 22.3. The number of allylic oxidation sites excluding steroid dienone is 2. The van der Waals surface area contributed by atoms with Gasteiger partial charge in [-0.05, 0) is 24.8 Å². The molecule has 8 nitrogen and oxygen atoms in total. The minimum atomic E-state index is -0.544. The van der Waals surface area contributed by atoms with Gasteiger partial charge < -0.3 is 25.2 Å². The maximum absolute atomic E-state index is 13.0. The predicted octanol–water partition coefficient (Wildman–Crippen LogP) is 1.65. The normalized spacial score (nSPS) is 20.5. The Morgan fingerprint density at radius 2 is 2.00 bits per heavy atom. The third kappa shape index (κ3) is 9.76. The van der Waals surface area contributed by atoms with E-state index in [9.17, 15) is 14.4 Å². The lowest BCUT2D eigenvalue weighted by Crippen LogP contribution is -2.39. The molecule has 3 N–H and O–H groups in total. The zero-order valence-corrected chi connectivity index (χ0v) is 17.8. The van der Waals surface area contributed by atoms with Crippen molar-refractivity contribution < 1.29 is 29.0 Å². The summed E-state index contributed by atoms with van der Waals surface area (Å²) in [5, 5.41) is 14.4. The number of aliphatic hydroxyl groups is 1. The fourth-order valence-corrected chi connectivity index (χ4v) is 3.20. The average Bonchev–Trinajstić information content (AvgIpc) is 2.79. The molecule has 0 bridgehead atoms. The monoisotopic (exact) mass is 432 g/mol. The molecule has 31 heavy (non-hydrogen) atoms. The highest BCUT2D eigenvalue weighted by Crippen LogP contribution is 2.18. The number of benzene rings is 1. The second-order valence-electron chi connectivity index (χ2n) is 7.34. The number of cyclic esters (lactones) is 1. The highest BCUT2D eigenvalue weighted by molar-refractivity contribution is 5.86. The molecule has 0 radical (unpaired) electrons. The van der Waals surface area contributed by atoms with Crippen molar-refractivity contribution in [2.45, 2.75) is 38.1 Å². The number of rotatable bonds is 8. The number of nitrogens with one attached hydrogen (secondary N) is 2. The standard InChI is InChI=1S/C23H32N2O6/c26-13-15-30-14-12-24-21(27)16-19-10-4-1-2-7-11-22(28)31-17-20(25-23(19)29)18-8-5-3-6-9-18/h1,3-6,8-9,19-20,26H,2,7,10-17H2,(H,24,27)(H,25,29)/t19-,20+/m1/s1. The lowest BCUT2D eigenvalue weighted by Gasteiger charge is -2.22. The van der Waals surface area contributed by atoms with Crippen molar-refractivity contribution in [3.63, 3.8) is 0 Å². The van der Waals surface area contributed by atoms with Crippen LogP contribution in [0.4, 0.5) is 0 Å². The van der Waals surface area contributed by atoms with Gasteiger partial charge in [0.2, 0.25) is 11.8 Å². The first kappa shape index (κ1) is 24.6. The third-order valence-corrected chi connectivity index (χ3v) is 4.88. The molecular formula is C23H32N2O6. The van der Waals surface area contributed by atoms with E-state index in [4.69, 9.17) is 14.6 Å². The Kier molecular flexibility index (Phi) is 11.3. The maximum atomic E-state index is 13.0. The SMILES string of the molecule is O=C(C[C@H]1CC=CCCCC(=O)OC[C@@H](c2ccccc2)NC1=O)NCCOCCO. The lowest BCUT2D eigenvalue weighted by atomic mass is 9.97. The van der Waals surface area contributed by atoms with Gasteiger partial charge in [-0.3, -0.25) is 14.4 Å². The van der Waals surface area contributed by atoms with Crippen LogP contribution >= 0.6 is 0 Å². The van der Waals surface area contributed by atoms with E-state index in [0.717, 1.165) is 5.56 Å². The fraction of sp³-hybridized carbons (Fsp3) is 0.522. The smallest absolute Gasteiger partial charge is 0.305 e. The van der Waals surface area contributed by atoms with Crippen molar-refractivity contribution in [1.29, 1.82) is 0 Å². The van der Waals surface area contributed by atoms with Crippen molar-refractivity contribution >= 4 is 17.8 Å². The van der Waals surface area contributed by atoms with Crippen LogP contribution in [0.1, 0.15) is 43.7 Å². The average molecular weight is 433 g/mol. The van der Waals surface area contributed by atoms with Gasteiger partial charge in [0, 0.05) is 19.4 Å². The quantitative estimate of drug-likeness (QED) is 0.327. The molecule has 1 aromatic carbocycles. The molecule has 2 rings (SSSR count). The van der Waals surface area contributed by atoms with Gasteiger partial charge in [-0.2, -0.15) is 0 Å². The maximum Gasteiger partial charge on any atom is 0.305 e. The summed E-state index contributed by atoms with van der Waals surface area (Å²) in [7, 11) is 0. The summed E-state index contributed by atoms with van der Waals surface area (Å²) in [5.74, 6) is -1.34. The summed E-state index contributed by atoms with van der Waals surface area (Å²) >= 11 is 0. The third-order valence-electron chi connectivity index (χ3n) is 4.88. The van der Waals surface area contributed by atoms with Crippen LogP contribution in [-0.4, -0.2) is 55.9 Å². The molecule has 170 valence electrons. The molecule has 8 heteroatoms.